The molecule has 0 atom stereocenters. The van der Waals surface area contributed by atoms with E-state index < -0.39 is 0 Å². The fraction of sp³-hybridized carbons (Fsp3) is 0.400. The van der Waals surface area contributed by atoms with Gasteiger partial charge in [-0.3, -0.25) is 0 Å². The van der Waals surface area contributed by atoms with Gasteiger partial charge in [-0.25, -0.2) is 4.79 Å². The first kappa shape index (κ1) is 14.8. The number of rotatable bonds is 6. The van der Waals surface area contributed by atoms with E-state index in [4.69, 9.17) is 16.3 Å². The van der Waals surface area contributed by atoms with E-state index in [-0.39, 0.29) is 5.97 Å². The summed E-state index contributed by atoms with van der Waals surface area (Å²) >= 11 is 5.88. The number of esters is 1. The molecule has 0 aliphatic carbocycles. The lowest BCUT2D eigenvalue weighted by Crippen LogP contribution is -2.09. The van der Waals surface area contributed by atoms with Crippen LogP contribution < -0.4 is 0 Å². The van der Waals surface area contributed by atoms with Crippen molar-refractivity contribution >= 4 is 17.6 Å². The Hall–Kier alpha value is -1.28. The average molecular weight is 267 g/mol. The van der Waals surface area contributed by atoms with Crippen LogP contribution in [0.3, 0.4) is 0 Å². The molecule has 0 saturated heterocycles. The van der Waals surface area contributed by atoms with Crippen molar-refractivity contribution in [3.8, 4) is 0 Å². The molecule has 0 amide bonds. The summed E-state index contributed by atoms with van der Waals surface area (Å²) in [5.74, 6) is 0.217. The van der Waals surface area contributed by atoms with E-state index in [0.29, 0.717) is 18.1 Å². The summed E-state index contributed by atoms with van der Waals surface area (Å²) in [6.07, 6.45) is 1.76. The molecule has 18 heavy (non-hydrogen) atoms. The molecule has 0 bridgehead atoms. The molecule has 1 aromatic carbocycles. The Balaban J connectivity index is 2.64. The molecule has 0 aliphatic rings. The second-order valence-electron chi connectivity index (χ2n) is 3.99. The zero-order valence-electron chi connectivity index (χ0n) is 10.9. The van der Waals surface area contributed by atoms with E-state index in [1.165, 1.54) is 5.57 Å². The van der Waals surface area contributed by atoms with Crippen molar-refractivity contribution in [3.63, 3.8) is 0 Å². The van der Waals surface area contributed by atoms with E-state index in [1.807, 2.05) is 25.1 Å². The number of ether oxygens (including phenoxy) is 1. The second-order valence-corrected chi connectivity index (χ2v) is 4.26. The van der Waals surface area contributed by atoms with Gasteiger partial charge in [0.1, 0.15) is 6.61 Å². The van der Waals surface area contributed by atoms with Crippen LogP contribution in [0.2, 0.25) is 0 Å². The molecule has 0 aromatic heterocycles. The van der Waals surface area contributed by atoms with Crippen molar-refractivity contribution in [2.24, 2.45) is 0 Å². The van der Waals surface area contributed by atoms with Crippen LogP contribution in [-0.4, -0.2) is 18.5 Å². The summed E-state index contributed by atoms with van der Waals surface area (Å²) < 4.78 is 5.31. The summed E-state index contributed by atoms with van der Waals surface area (Å²) in [4.78, 5) is 11.8. The third kappa shape index (κ3) is 4.19. The van der Waals surface area contributed by atoms with Gasteiger partial charge in [0.2, 0.25) is 0 Å². The Morgan fingerprint density at radius 1 is 1.11 bits per heavy atom. The number of alkyl halides is 1. The number of benzene rings is 1. The van der Waals surface area contributed by atoms with Crippen LogP contribution in [0, 0.1) is 0 Å². The van der Waals surface area contributed by atoms with Crippen molar-refractivity contribution < 1.29 is 9.53 Å². The van der Waals surface area contributed by atoms with Crippen LogP contribution in [0.15, 0.2) is 41.5 Å². The van der Waals surface area contributed by atoms with E-state index >= 15 is 0 Å². The average Bonchev–Trinajstić information content (AvgIpc) is 2.44. The number of allylic oxidation sites excluding steroid dienone is 1. The minimum Gasteiger partial charge on any atom is -0.458 e. The molecule has 1 rings (SSSR count). The van der Waals surface area contributed by atoms with Gasteiger partial charge in [-0.05, 0) is 30.5 Å². The van der Waals surface area contributed by atoms with Gasteiger partial charge in [0, 0.05) is 5.88 Å². The summed E-state index contributed by atoms with van der Waals surface area (Å²) in [7, 11) is 0. The molecule has 0 radical (unpaired) electrons. The van der Waals surface area contributed by atoms with Crippen molar-refractivity contribution in [2.45, 2.75) is 26.7 Å². The van der Waals surface area contributed by atoms with Gasteiger partial charge in [-0.1, -0.05) is 37.6 Å². The summed E-state index contributed by atoms with van der Waals surface area (Å²) in [5, 5.41) is 0. The maximum absolute atomic E-state index is 11.8. The Bertz CT molecular complexity index is 404. The standard InChI is InChI=1S/C15H19ClO2/c1-3-12(10-16)13(4-2)11-18-15(17)14-8-6-5-7-9-14/h5-9H,3-4,10-11H2,1-2H3. The van der Waals surface area contributed by atoms with Crippen LogP contribution in [0.4, 0.5) is 0 Å². The first-order chi connectivity index (χ1) is 8.72. The van der Waals surface area contributed by atoms with Gasteiger partial charge >= 0.3 is 5.97 Å². The molecule has 0 aliphatic heterocycles. The Labute approximate surface area is 114 Å². The summed E-state index contributed by atoms with van der Waals surface area (Å²) in [6, 6.07) is 9.02. The highest BCUT2D eigenvalue weighted by Crippen LogP contribution is 2.15. The largest absolute Gasteiger partial charge is 0.458 e. The van der Waals surface area contributed by atoms with Gasteiger partial charge in [-0.2, -0.15) is 0 Å². The molecule has 0 unspecified atom stereocenters. The number of carbonyl (C=O) groups is 1. The molecule has 3 heteroatoms. The molecular weight excluding hydrogens is 248 g/mol. The van der Waals surface area contributed by atoms with Gasteiger partial charge in [0.25, 0.3) is 0 Å². The van der Waals surface area contributed by atoms with Gasteiger partial charge in [0.05, 0.1) is 5.56 Å². The topological polar surface area (TPSA) is 26.3 Å². The van der Waals surface area contributed by atoms with E-state index in [1.54, 1.807) is 12.1 Å². The minimum absolute atomic E-state index is 0.286. The first-order valence-electron chi connectivity index (χ1n) is 6.20. The maximum Gasteiger partial charge on any atom is 0.338 e. The smallest absolute Gasteiger partial charge is 0.338 e. The van der Waals surface area contributed by atoms with E-state index in [0.717, 1.165) is 18.4 Å². The van der Waals surface area contributed by atoms with Crippen LogP contribution in [-0.2, 0) is 4.74 Å². The van der Waals surface area contributed by atoms with Gasteiger partial charge < -0.3 is 4.74 Å². The lowest BCUT2D eigenvalue weighted by molar-refractivity contribution is 0.0537. The van der Waals surface area contributed by atoms with E-state index in [2.05, 4.69) is 6.92 Å². The number of carbonyl (C=O) groups excluding carboxylic acids is 1. The highest BCUT2D eigenvalue weighted by atomic mass is 35.5. The number of halogens is 1. The summed E-state index contributed by atoms with van der Waals surface area (Å²) in [6.45, 7) is 4.44. The monoisotopic (exact) mass is 266 g/mol. The molecule has 0 fully saturated rings. The molecule has 0 heterocycles. The Morgan fingerprint density at radius 2 is 1.72 bits per heavy atom. The Kier molecular flexibility index (Phi) is 6.51. The predicted octanol–water partition coefficient (Wildman–Crippen LogP) is 4.20. The van der Waals surface area contributed by atoms with Crippen molar-refractivity contribution in [3.05, 3.63) is 47.0 Å². The van der Waals surface area contributed by atoms with Gasteiger partial charge in [0.15, 0.2) is 0 Å². The maximum atomic E-state index is 11.8. The molecule has 2 nitrogen and oxygen atoms in total. The van der Waals surface area contributed by atoms with Crippen LogP contribution in [0.25, 0.3) is 0 Å². The molecule has 0 N–H and O–H groups in total. The second kappa shape index (κ2) is 7.93. The van der Waals surface area contributed by atoms with Gasteiger partial charge in [-0.15, -0.1) is 11.6 Å². The first-order valence-corrected chi connectivity index (χ1v) is 6.74. The molecule has 0 spiro atoms. The third-order valence-corrected chi connectivity index (χ3v) is 3.22. The van der Waals surface area contributed by atoms with Crippen molar-refractivity contribution in [2.75, 3.05) is 12.5 Å². The quantitative estimate of drug-likeness (QED) is 0.438. The van der Waals surface area contributed by atoms with Crippen LogP contribution in [0.5, 0.6) is 0 Å². The van der Waals surface area contributed by atoms with Crippen molar-refractivity contribution in [1.82, 2.24) is 0 Å². The Morgan fingerprint density at radius 3 is 2.22 bits per heavy atom. The number of hydrogen-bond acceptors (Lipinski definition) is 2. The SMILES string of the molecule is CCC(CCl)=C(CC)COC(=O)c1ccccc1. The number of hydrogen-bond donors (Lipinski definition) is 0. The van der Waals surface area contributed by atoms with Crippen LogP contribution >= 0.6 is 11.6 Å². The normalized spacial score (nSPS) is 11.9. The fourth-order valence-corrected chi connectivity index (χ4v) is 2.08. The zero-order chi connectivity index (χ0) is 13.4. The van der Waals surface area contributed by atoms with Crippen molar-refractivity contribution in [1.29, 1.82) is 0 Å². The predicted molar refractivity (Wildman–Crippen MR) is 75.1 cm³/mol. The molecule has 98 valence electrons. The molecule has 1 aromatic rings. The minimum atomic E-state index is -0.286. The third-order valence-electron chi connectivity index (χ3n) is 2.90. The fourth-order valence-electron chi connectivity index (χ4n) is 1.70. The molecular formula is C15H19ClO2. The van der Waals surface area contributed by atoms with Crippen LogP contribution in [0.1, 0.15) is 37.0 Å². The zero-order valence-corrected chi connectivity index (χ0v) is 11.7. The summed E-state index contributed by atoms with van der Waals surface area (Å²) in [5.41, 5.74) is 2.87. The van der Waals surface area contributed by atoms with E-state index in [9.17, 15) is 4.79 Å². The molecule has 0 saturated carbocycles. The highest BCUT2D eigenvalue weighted by molar-refractivity contribution is 6.19. The lowest BCUT2D eigenvalue weighted by Gasteiger charge is -2.11. The highest BCUT2D eigenvalue weighted by Gasteiger charge is 2.09. The lowest BCUT2D eigenvalue weighted by atomic mass is 10.1.